The summed E-state index contributed by atoms with van der Waals surface area (Å²) in [6.07, 6.45) is 9.03. The van der Waals surface area contributed by atoms with Crippen molar-refractivity contribution in [3.63, 3.8) is 0 Å². The molecule has 1 heteroatoms. The molecule has 0 spiro atoms. The molecule has 0 heterocycles. The minimum Gasteiger partial charge on any atom is -0.321 e. The van der Waals surface area contributed by atoms with Crippen molar-refractivity contribution in [2.24, 2.45) is 5.73 Å². The van der Waals surface area contributed by atoms with Crippen LogP contribution in [0.2, 0.25) is 0 Å². The maximum absolute atomic E-state index is 6.52. The van der Waals surface area contributed by atoms with Gasteiger partial charge in [0.2, 0.25) is 0 Å². The summed E-state index contributed by atoms with van der Waals surface area (Å²) >= 11 is 0. The molecule has 2 aliphatic rings. The lowest BCUT2D eigenvalue weighted by atomic mass is 9.77. The Morgan fingerprint density at radius 3 is 2.12 bits per heavy atom. The van der Waals surface area contributed by atoms with Crippen LogP contribution < -0.4 is 5.73 Å². The van der Waals surface area contributed by atoms with E-state index in [1.54, 1.807) is 0 Å². The fourth-order valence-electron chi connectivity index (χ4n) is 2.98. The molecule has 0 unspecified atom stereocenters. The van der Waals surface area contributed by atoms with E-state index in [1.807, 2.05) is 0 Å². The summed E-state index contributed by atoms with van der Waals surface area (Å²) in [6, 6.07) is 9.16. The second-order valence-corrected chi connectivity index (χ2v) is 5.61. The largest absolute Gasteiger partial charge is 0.321 e. The number of hydrogen-bond donors (Lipinski definition) is 1. The molecular weight excluding hydrogens is 194 g/mol. The van der Waals surface area contributed by atoms with Gasteiger partial charge in [-0.1, -0.05) is 43.5 Å². The SMILES string of the molecule is NC1(c2ccc(C3CC3)cc2)CCCCC1. The third kappa shape index (κ3) is 1.89. The Morgan fingerprint density at radius 2 is 1.56 bits per heavy atom. The average molecular weight is 215 g/mol. The van der Waals surface area contributed by atoms with Gasteiger partial charge in [-0.15, -0.1) is 0 Å². The van der Waals surface area contributed by atoms with Crippen LogP contribution in [0.5, 0.6) is 0 Å². The molecule has 1 nitrogen and oxygen atoms in total. The molecule has 0 bridgehead atoms. The van der Waals surface area contributed by atoms with E-state index in [0.29, 0.717) is 0 Å². The van der Waals surface area contributed by atoms with Gasteiger partial charge in [0.05, 0.1) is 0 Å². The van der Waals surface area contributed by atoms with Crippen LogP contribution >= 0.6 is 0 Å². The first-order chi connectivity index (χ1) is 7.78. The van der Waals surface area contributed by atoms with Gasteiger partial charge >= 0.3 is 0 Å². The summed E-state index contributed by atoms with van der Waals surface area (Å²) in [7, 11) is 0. The van der Waals surface area contributed by atoms with Gasteiger partial charge in [0.25, 0.3) is 0 Å². The standard InChI is InChI=1S/C15H21N/c16-15(10-2-1-3-11-15)14-8-6-13(7-9-14)12-4-5-12/h6-9,12H,1-5,10-11,16H2. The van der Waals surface area contributed by atoms with Crippen molar-refractivity contribution in [2.45, 2.75) is 56.4 Å². The zero-order valence-corrected chi connectivity index (χ0v) is 9.91. The molecule has 0 radical (unpaired) electrons. The number of benzene rings is 1. The van der Waals surface area contributed by atoms with Crippen LogP contribution in [0.25, 0.3) is 0 Å². The Morgan fingerprint density at radius 1 is 0.938 bits per heavy atom. The van der Waals surface area contributed by atoms with Crippen LogP contribution in [-0.4, -0.2) is 0 Å². The Balaban J connectivity index is 1.81. The minimum absolute atomic E-state index is 0.0274. The van der Waals surface area contributed by atoms with Gasteiger partial charge in [0.1, 0.15) is 0 Å². The van der Waals surface area contributed by atoms with Gasteiger partial charge in [0, 0.05) is 5.54 Å². The highest BCUT2D eigenvalue weighted by atomic mass is 14.7. The first kappa shape index (κ1) is 10.3. The molecule has 2 saturated carbocycles. The fraction of sp³-hybridized carbons (Fsp3) is 0.600. The second kappa shape index (κ2) is 3.89. The quantitative estimate of drug-likeness (QED) is 0.800. The molecule has 86 valence electrons. The lowest BCUT2D eigenvalue weighted by molar-refractivity contribution is 0.302. The van der Waals surface area contributed by atoms with E-state index < -0.39 is 0 Å². The van der Waals surface area contributed by atoms with Crippen molar-refractivity contribution in [3.05, 3.63) is 35.4 Å². The van der Waals surface area contributed by atoms with E-state index in [-0.39, 0.29) is 5.54 Å². The van der Waals surface area contributed by atoms with Crippen molar-refractivity contribution in [1.82, 2.24) is 0 Å². The van der Waals surface area contributed by atoms with Crippen LogP contribution in [0.1, 0.15) is 62.0 Å². The average Bonchev–Trinajstić information content (AvgIpc) is 3.14. The summed E-state index contributed by atoms with van der Waals surface area (Å²) < 4.78 is 0. The first-order valence-corrected chi connectivity index (χ1v) is 6.67. The minimum atomic E-state index is -0.0274. The molecule has 1 aromatic carbocycles. The van der Waals surface area contributed by atoms with E-state index in [4.69, 9.17) is 5.73 Å². The summed E-state index contributed by atoms with van der Waals surface area (Å²) in [5.74, 6) is 0.856. The third-order valence-corrected chi connectivity index (χ3v) is 4.28. The molecule has 16 heavy (non-hydrogen) atoms. The van der Waals surface area contributed by atoms with Crippen LogP contribution in [0, 0.1) is 0 Å². The monoisotopic (exact) mass is 215 g/mol. The zero-order chi connectivity index (χ0) is 11.0. The first-order valence-electron chi connectivity index (χ1n) is 6.67. The Kier molecular flexibility index (Phi) is 2.51. The van der Waals surface area contributed by atoms with E-state index in [9.17, 15) is 0 Å². The summed E-state index contributed by atoms with van der Waals surface area (Å²) in [5.41, 5.74) is 9.37. The molecule has 3 rings (SSSR count). The van der Waals surface area contributed by atoms with Crippen LogP contribution in [0.3, 0.4) is 0 Å². The Hall–Kier alpha value is -0.820. The summed E-state index contributed by atoms with van der Waals surface area (Å²) in [4.78, 5) is 0. The predicted molar refractivity (Wildman–Crippen MR) is 67.4 cm³/mol. The maximum atomic E-state index is 6.52. The molecular formula is C15H21N. The van der Waals surface area contributed by atoms with Crippen molar-refractivity contribution in [1.29, 1.82) is 0 Å². The normalized spacial score (nSPS) is 24.3. The molecule has 1 aromatic rings. The van der Waals surface area contributed by atoms with Crippen molar-refractivity contribution in [3.8, 4) is 0 Å². The van der Waals surface area contributed by atoms with Gasteiger partial charge in [-0.3, -0.25) is 0 Å². The molecule has 0 atom stereocenters. The van der Waals surface area contributed by atoms with Gasteiger partial charge in [-0.25, -0.2) is 0 Å². The van der Waals surface area contributed by atoms with Crippen molar-refractivity contribution in [2.75, 3.05) is 0 Å². The molecule has 2 fully saturated rings. The maximum Gasteiger partial charge on any atom is 0.0409 e. The summed E-state index contributed by atoms with van der Waals surface area (Å²) in [6.45, 7) is 0. The van der Waals surface area contributed by atoms with E-state index in [1.165, 1.54) is 43.2 Å². The number of nitrogens with two attached hydrogens (primary N) is 1. The van der Waals surface area contributed by atoms with Crippen LogP contribution in [-0.2, 0) is 5.54 Å². The van der Waals surface area contributed by atoms with Crippen molar-refractivity contribution >= 4 is 0 Å². The molecule has 0 saturated heterocycles. The van der Waals surface area contributed by atoms with E-state index >= 15 is 0 Å². The topological polar surface area (TPSA) is 26.0 Å². The lowest BCUT2D eigenvalue weighted by Crippen LogP contribution is -2.38. The number of rotatable bonds is 2. The molecule has 0 aromatic heterocycles. The fourth-order valence-corrected chi connectivity index (χ4v) is 2.98. The molecule has 0 aliphatic heterocycles. The Labute approximate surface area is 98.0 Å². The molecule has 2 N–H and O–H groups in total. The summed E-state index contributed by atoms with van der Waals surface area (Å²) in [5, 5.41) is 0. The van der Waals surface area contributed by atoms with E-state index in [0.717, 1.165) is 18.8 Å². The Bertz CT molecular complexity index is 356. The van der Waals surface area contributed by atoms with Gasteiger partial charge < -0.3 is 5.73 Å². The third-order valence-electron chi connectivity index (χ3n) is 4.28. The van der Waals surface area contributed by atoms with Crippen LogP contribution in [0.4, 0.5) is 0 Å². The predicted octanol–water partition coefficient (Wildman–Crippen LogP) is 3.68. The second-order valence-electron chi connectivity index (χ2n) is 5.61. The van der Waals surface area contributed by atoms with E-state index in [2.05, 4.69) is 24.3 Å². The van der Waals surface area contributed by atoms with Gasteiger partial charge in [0.15, 0.2) is 0 Å². The van der Waals surface area contributed by atoms with Crippen molar-refractivity contribution < 1.29 is 0 Å². The zero-order valence-electron chi connectivity index (χ0n) is 9.91. The lowest BCUT2D eigenvalue weighted by Gasteiger charge is -2.34. The molecule has 2 aliphatic carbocycles. The highest BCUT2D eigenvalue weighted by Gasteiger charge is 2.30. The van der Waals surface area contributed by atoms with Gasteiger partial charge in [-0.2, -0.15) is 0 Å². The highest BCUT2D eigenvalue weighted by Crippen LogP contribution is 2.41. The van der Waals surface area contributed by atoms with Crippen LogP contribution in [0.15, 0.2) is 24.3 Å². The van der Waals surface area contributed by atoms with Gasteiger partial charge in [-0.05, 0) is 42.7 Å². The highest BCUT2D eigenvalue weighted by molar-refractivity contribution is 5.32. The number of hydrogen-bond acceptors (Lipinski definition) is 1. The molecule has 0 amide bonds. The smallest absolute Gasteiger partial charge is 0.0409 e.